The number of hydrogen-bond acceptors (Lipinski definition) is 3. The Kier molecular flexibility index (Phi) is 2.56. The number of ether oxygens (including phenoxy) is 1. The molecule has 3 rings (SSSR count). The molecule has 17 heavy (non-hydrogen) atoms. The maximum atomic E-state index is 5.74. The lowest BCUT2D eigenvalue weighted by Gasteiger charge is -2.10. The second-order valence-corrected chi connectivity index (χ2v) is 4.58. The minimum Gasteiger partial charge on any atom is -0.494 e. The van der Waals surface area contributed by atoms with Crippen molar-refractivity contribution in [1.82, 2.24) is 0 Å². The third-order valence-corrected chi connectivity index (χ3v) is 3.53. The predicted octanol–water partition coefficient (Wildman–Crippen LogP) is 2.89. The summed E-state index contributed by atoms with van der Waals surface area (Å²) in [7, 11) is 0. The number of hydrogen-bond donors (Lipinski definition) is 1. The number of nitrogens with two attached hydrogens (primary N) is 1. The van der Waals surface area contributed by atoms with E-state index in [1.807, 2.05) is 25.1 Å². The molecule has 2 aromatic rings. The monoisotopic (exact) mass is 231 g/mol. The smallest absolute Gasteiger partial charge is 0.134 e. The van der Waals surface area contributed by atoms with Crippen LogP contribution in [0.1, 0.15) is 24.8 Å². The molecule has 1 heterocycles. The van der Waals surface area contributed by atoms with Gasteiger partial charge in [0, 0.05) is 10.9 Å². The Bertz CT molecular complexity index is 532. The number of furan rings is 1. The molecule has 0 unspecified atom stereocenters. The molecule has 0 bridgehead atoms. The van der Waals surface area contributed by atoms with Crippen LogP contribution < -0.4 is 10.5 Å². The molecular weight excluding hydrogens is 214 g/mol. The van der Waals surface area contributed by atoms with Gasteiger partial charge in [0.15, 0.2) is 0 Å². The third-order valence-electron chi connectivity index (χ3n) is 3.53. The molecule has 1 aromatic heterocycles. The minimum atomic E-state index is 0.544. The van der Waals surface area contributed by atoms with E-state index >= 15 is 0 Å². The number of benzene rings is 1. The summed E-state index contributed by atoms with van der Waals surface area (Å²) in [5.41, 5.74) is 7.96. The molecular formula is C14H17NO2. The Balaban J connectivity index is 2.10. The standard InChI is InChI=1S/C14H17NO2/c1-2-16-13-4-3-12-10(5-6-17-12)14(13)11-7-9(11)8-15/h3-6,9,11H,2,7-8,15H2,1H3/t9-,11+/m1/s1. The van der Waals surface area contributed by atoms with Crippen molar-refractivity contribution in [3.05, 3.63) is 30.0 Å². The molecule has 0 spiro atoms. The van der Waals surface area contributed by atoms with E-state index in [1.54, 1.807) is 6.26 Å². The van der Waals surface area contributed by atoms with Crippen molar-refractivity contribution in [2.24, 2.45) is 11.7 Å². The fraction of sp³-hybridized carbons (Fsp3) is 0.429. The van der Waals surface area contributed by atoms with Crippen LogP contribution in [0.4, 0.5) is 0 Å². The van der Waals surface area contributed by atoms with Crippen LogP contribution in [0.2, 0.25) is 0 Å². The van der Waals surface area contributed by atoms with Crippen molar-refractivity contribution >= 4 is 11.0 Å². The van der Waals surface area contributed by atoms with Crippen LogP contribution in [-0.2, 0) is 0 Å². The van der Waals surface area contributed by atoms with Crippen molar-refractivity contribution in [3.63, 3.8) is 0 Å². The van der Waals surface area contributed by atoms with E-state index in [9.17, 15) is 0 Å². The molecule has 0 saturated heterocycles. The molecule has 1 saturated carbocycles. The van der Waals surface area contributed by atoms with Crippen LogP contribution in [-0.4, -0.2) is 13.2 Å². The zero-order valence-electron chi connectivity index (χ0n) is 9.98. The van der Waals surface area contributed by atoms with Crippen LogP contribution in [0.5, 0.6) is 5.75 Å². The highest BCUT2D eigenvalue weighted by molar-refractivity contribution is 5.84. The normalized spacial score (nSPS) is 22.9. The average molecular weight is 231 g/mol. The summed E-state index contributed by atoms with van der Waals surface area (Å²) in [5.74, 6) is 2.14. The van der Waals surface area contributed by atoms with Crippen molar-refractivity contribution < 1.29 is 9.15 Å². The van der Waals surface area contributed by atoms with Crippen molar-refractivity contribution in [3.8, 4) is 5.75 Å². The van der Waals surface area contributed by atoms with Crippen LogP contribution in [0, 0.1) is 5.92 Å². The van der Waals surface area contributed by atoms with Crippen LogP contribution >= 0.6 is 0 Å². The van der Waals surface area contributed by atoms with Gasteiger partial charge in [0.1, 0.15) is 11.3 Å². The molecule has 0 radical (unpaired) electrons. The first kappa shape index (κ1) is 10.7. The molecule has 2 N–H and O–H groups in total. The van der Waals surface area contributed by atoms with E-state index < -0.39 is 0 Å². The number of fused-ring (bicyclic) bond motifs is 1. The second-order valence-electron chi connectivity index (χ2n) is 4.58. The van der Waals surface area contributed by atoms with Gasteiger partial charge < -0.3 is 14.9 Å². The van der Waals surface area contributed by atoms with Crippen molar-refractivity contribution in [2.75, 3.05) is 13.2 Å². The zero-order chi connectivity index (χ0) is 11.8. The fourth-order valence-electron chi connectivity index (χ4n) is 2.57. The average Bonchev–Trinajstić information content (AvgIpc) is 2.96. The van der Waals surface area contributed by atoms with Gasteiger partial charge in [-0.2, -0.15) is 0 Å². The summed E-state index contributed by atoms with van der Waals surface area (Å²) >= 11 is 0. The molecule has 1 aromatic carbocycles. The van der Waals surface area contributed by atoms with Gasteiger partial charge in [-0.15, -0.1) is 0 Å². The zero-order valence-corrected chi connectivity index (χ0v) is 9.98. The first-order chi connectivity index (χ1) is 8.35. The van der Waals surface area contributed by atoms with Crippen molar-refractivity contribution in [2.45, 2.75) is 19.3 Å². The lowest BCUT2D eigenvalue weighted by molar-refractivity contribution is 0.337. The summed E-state index contributed by atoms with van der Waals surface area (Å²) in [5, 5.41) is 1.18. The quantitative estimate of drug-likeness (QED) is 0.880. The van der Waals surface area contributed by atoms with Gasteiger partial charge in [-0.25, -0.2) is 0 Å². The first-order valence-electron chi connectivity index (χ1n) is 6.18. The van der Waals surface area contributed by atoms with Crippen LogP contribution in [0.3, 0.4) is 0 Å². The predicted molar refractivity (Wildman–Crippen MR) is 67.3 cm³/mol. The highest BCUT2D eigenvalue weighted by Crippen LogP contribution is 2.52. The minimum absolute atomic E-state index is 0.544. The van der Waals surface area contributed by atoms with Gasteiger partial charge in [-0.1, -0.05) is 0 Å². The van der Waals surface area contributed by atoms with E-state index in [4.69, 9.17) is 14.9 Å². The second kappa shape index (κ2) is 4.08. The topological polar surface area (TPSA) is 48.4 Å². The summed E-state index contributed by atoms with van der Waals surface area (Å²) in [4.78, 5) is 0. The van der Waals surface area contributed by atoms with Gasteiger partial charge in [0.05, 0.1) is 12.9 Å². The molecule has 0 amide bonds. The van der Waals surface area contributed by atoms with Gasteiger partial charge in [-0.3, -0.25) is 0 Å². The molecule has 2 atom stereocenters. The van der Waals surface area contributed by atoms with Crippen LogP contribution in [0.25, 0.3) is 11.0 Å². The van der Waals surface area contributed by atoms with Gasteiger partial charge in [0.25, 0.3) is 0 Å². The third kappa shape index (κ3) is 1.71. The largest absolute Gasteiger partial charge is 0.494 e. The Labute approximate surface area is 101 Å². The highest BCUT2D eigenvalue weighted by Gasteiger charge is 2.40. The van der Waals surface area contributed by atoms with Crippen molar-refractivity contribution in [1.29, 1.82) is 0 Å². The van der Waals surface area contributed by atoms with E-state index in [0.717, 1.165) is 17.9 Å². The Morgan fingerprint density at radius 1 is 1.41 bits per heavy atom. The highest BCUT2D eigenvalue weighted by atomic mass is 16.5. The Hall–Kier alpha value is -1.48. The Morgan fingerprint density at radius 2 is 2.29 bits per heavy atom. The van der Waals surface area contributed by atoms with E-state index in [-0.39, 0.29) is 0 Å². The van der Waals surface area contributed by atoms with Gasteiger partial charge in [-0.05, 0) is 49.9 Å². The summed E-state index contributed by atoms with van der Waals surface area (Å²) in [6.07, 6.45) is 2.91. The molecule has 3 nitrogen and oxygen atoms in total. The lowest BCUT2D eigenvalue weighted by Crippen LogP contribution is -2.03. The van der Waals surface area contributed by atoms with Gasteiger partial charge >= 0.3 is 0 Å². The first-order valence-corrected chi connectivity index (χ1v) is 6.18. The van der Waals surface area contributed by atoms with Crippen LogP contribution in [0.15, 0.2) is 28.9 Å². The fourth-order valence-corrected chi connectivity index (χ4v) is 2.57. The van der Waals surface area contributed by atoms with E-state index in [1.165, 1.54) is 17.4 Å². The number of rotatable bonds is 4. The molecule has 1 aliphatic carbocycles. The molecule has 1 fully saturated rings. The van der Waals surface area contributed by atoms with Gasteiger partial charge in [0.2, 0.25) is 0 Å². The molecule has 90 valence electrons. The molecule has 3 heteroatoms. The van der Waals surface area contributed by atoms with E-state index in [2.05, 4.69) is 0 Å². The molecule has 0 aliphatic heterocycles. The molecule has 1 aliphatic rings. The Morgan fingerprint density at radius 3 is 3.00 bits per heavy atom. The van der Waals surface area contributed by atoms with E-state index in [0.29, 0.717) is 18.4 Å². The lowest BCUT2D eigenvalue weighted by atomic mass is 10.0. The summed E-state index contributed by atoms with van der Waals surface area (Å²) < 4.78 is 11.2. The summed E-state index contributed by atoms with van der Waals surface area (Å²) in [6, 6.07) is 6.01. The maximum Gasteiger partial charge on any atom is 0.134 e. The SMILES string of the molecule is CCOc1ccc2occc2c1[C@H]1C[C@@H]1CN. The maximum absolute atomic E-state index is 5.74. The summed E-state index contributed by atoms with van der Waals surface area (Å²) in [6.45, 7) is 3.46.